The van der Waals surface area contributed by atoms with E-state index in [1.165, 1.54) is 62.8 Å². The van der Waals surface area contributed by atoms with Crippen molar-refractivity contribution in [1.82, 2.24) is 0 Å². The molecule has 0 saturated carbocycles. The predicted molar refractivity (Wildman–Crippen MR) is 170 cm³/mol. The molecule has 0 aromatic rings. The number of nitrogens with zero attached hydrogens (tertiary/aromatic N) is 1. The largest absolute Gasteiger partial charge is 0.466 e. The highest BCUT2D eigenvalue weighted by atomic mass is 32.2. The van der Waals surface area contributed by atoms with Crippen LogP contribution in [0, 0.1) is 0 Å². The monoisotopic (exact) mass is 608 g/mol. The van der Waals surface area contributed by atoms with E-state index < -0.39 is 33.7 Å². The molecule has 0 bridgehead atoms. The molecule has 0 rings (SSSR count). The van der Waals surface area contributed by atoms with Crippen molar-refractivity contribution in [2.24, 2.45) is 0 Å². The quantitative estimate of drug-likeness (QED) is 0.0460. The van der Waals surface area contributed by atoms with Crippen LogP contribution >= 0.6 is 0 Å². The molecule has 1 atom stereocenters. The lowest BCUT2D eigenvalue weighted by Crippen LogP contribution is -2.50. The van der Waals surface area contributed by atoms with Crippen LogP contribution in [0.4, 0.5) is 0 Å². The topological polar surface area (TPSA) is 107 Å². The van der Waals surface area contributed by atoms with Gasteiger partial charge in [-0.05, 0) is 38.5 Å². The Labute approximate surface area is 253 Å². The summed E-state index contributed by atoms with van der Waals surface area (Å²) in [5, 5.41) is -1.93. The summed E-state index contributed by atoms with van der Waals surface area (Å²) in [5.74, 6) is -1.93. The van der Waals surface area contributed by atoms with E-state index in [9.17, 15) is 22.6 Å². The Morgan fingerprint density at radius 2 is 0.951 bits per heavy atom. The predicted octanol–water partition coefficient (Wildman–Crippen LogP) is 7.88. The molecule has 0 saturated heterocycles. The molecule has 0 aliphatic carbocycles. The molecule has 0 radical (unpaired) electrons. The van der Waals surface area contributed by atoms with Crippen LogP contribution in [-0.2, 0) is 29.2 Å². The fourth-order valence-corrected chi connectivity index (χ4v) is 5.96. The van der Waals surface area contributed by atoms with E-state index >= 15 is 0 Å². The van der Waals surface area contributed by atoms with Gasteiger partial charge in [0.15, 0.2) is 5.25 Å². The van der Waals surface area contributed by atoms with Gasteiger partial charge in [-0.1, -0.05) is 106 Å². The van der Waals surface area contributed by atoms with Gasteiger partial charge in [-0.3, -0.25) is 14.1 Å². The van der Waals surface area contributed by atoms with E-state index in [-0.39, 0.29) is 13.2 Å². The molecule has 0 amide bonds. The molecule has 1 unspecified atom stereocenters. The van der Waals surface area contributed by atoms with Crippen LogP contribution in [0.1, 0.15) is 151 Å². The molecule has 246 valence electrons. The summed E-state index contributed by atoms with van der Waals surface area (Å²) in [6.45, 7) is 19.3. The maximum atomic E-state index is 12.0. The van der Waals surface area contributed by atoms with Crippen LogP contribution < -0.4 is 0 Å². The summed E-state index contributed by atoms with van der Waals surface area (Å²) in [6.07, 6.45) is 16.7. The van der Waals surface area contributed by atoms with Gasteiger partial charge in [0.25, 0.3) is 10.1 Å². The molecule has 0 aromatic heterocycles. The number of carbonyl (C=O) groups excluding carboxylic acids is 2. The average Bonchev–Trinajstić information content (AvgIpc) is 2.91. The highest BCUT2D eigenvalue weighted by molar-refractivity contribution is 7.87. The average molecular weight is 609 g/mol. The van der Waals surface area contributed by atoms with Crippen LogP contribution in [0.25, 0.3) is 0 Å². The molecule has 0 aliphatic rings. The summed E-state index contributed by atoms with van der Waals surface area (Å²) >= 11 is 0. The molecular weight excluding hydrogens is 542 g/mol. The Hall–Kier alpha value is -1.19. The fraction of sp³-hybridized carbons (Fsp3) is 0.938. The van der Waals surface area contributed by atoms with Gasteiger partial charge in [0.1, 0.15) is 0 Å². The second kappa shape index (κ2) is 27.6. The Bertz CT molecular complexity index is 698. The maximum Gasteiger partial charge on any atom is 0.327 e. The molecular formula is C32H66NO7S+. The Morgan fingerprint density at radius 3 is 1.32 bits per heavy atom. The van der Waals surface area contributed by atoms with E-state index in [1.807, 2.05) is 0 Å². The van der Waals surface area contributed by atoms with Crippen LogP contribution in [0.15, 0.2) is 0 Å². The number of esters is 2. The third-order valence-electron chi connectivity index (χ3n) is 7.27. The van der Waals surface area contributed by atoms with Gasteiger partial charge in [0.2, 0.25) is 0 Å². The van der Waals surface area contributed by atoms with E-state index in [0.717, 1.165) is 57.8 Å². The van der Waals surface area contributed by atoms with E-state index in [0.29, 0.717) is 12.8 Å². The van der Waals surface area contributed by atoms with E-state index in [1.54, 1.807) is 0 Å². The number of hydrogen-bond acceptors (Lipinski definition) is 6. The second-order valence-corrected chi connectivity index (χ2v) is 13.0. The summed E-state index contributed by atoms with van der Waals surface area (Å²) < 4.78 is 43.4. The molecule has 0 aromatic carbocycles. The molecule has 41 heavy (non-hydrogen) atoms. The normalized spacial score (nSPS) is 12.4. The van der Waals surface area contributed by atoms with Crippen LogP contribution in [0.3, 0.4) is 0 Å². The van der Waals surface area contributed by atoms with Gasteiger partial charge < -0.3 is 14.0 Å². The first-order valence-corrected chi connectivity index (χ1v) is 18.2. The fourth-order valence-electron chi connectivity index (χ4n) is 5.31. The molecule has 9 heteroatoms. The van der Waals surface area contributed by atoms with Gasteiger partial charge in [0, 0.05) is 0 Å². The van der Waals surface area contributed by atoms with Crippen LogP contribution in [0.2, 0.25) is 0 Å². The van der Waals surface area contributed by atoms with Crippen molar-refractivity contribution in [3.05, 3.63) is 0 Å². The minimum atomic E-state index is -4.73. The molecule has 0 heterocycles. The van der Waals surface area contributed by atoms with E-state index in [4.69, 9.17) is 9.47 Å². The zero-order valence-corrected chi connectivity index (χ0v) is 28.4. The third-order valence-corrected chi connectivity index (χ3v) is 8.35. The number of rotatable bonds is 26. The minimum Gasteiger partial charge on any atom is -0.466 e. The van der Waals surface area contributed by atoms with Crippen molar-refractivity contribution in [3.63, 3.8) is 0 Å². The van der Waals surface area contributed by atoms with Crippen molar-refractivity contribution < 1.29 is 36.5 Å². The van der Waals surface area contributed by atoms with Gasteiger partial charge in [-0.15, -0.1) is 0 Å². The Kier molecular flexibility index (Phi) is 28.3. The number of carbonyl (C=O) groups is 2. The van der Waals surface area contributed by atoms with Gasteiger partial charge in [-0.2, -0.15) is 8.42 Å². The lowest BCUT2D eigenvalue weighted by Gasteiger charge is -2.38. The smallest absolute Gasteiger partial charge is 0.327 e. The van der Waals surface area contributed by atoms with Gasteiger partial charge in [-0.25, -0.2) is 0 Å². The van der Waals surface area contributed by atoms with Crippen molar-refractivity contribution in [2.45, 2.75) is 156 Å². The maximum absolute atomic E-state index is 12.0. The number of unbranched alkanes of at least 4 members (excludes halogenated alkanes) is 10. The van der Waals surface area contributed by atoms with Gasteiger partial charge >= 0.3 is 11.9 Å². The highest BCUT2D eigenvalue weighted by Crippen LogP contribution is 2.13. The Morgan fingerprint density at radius 1 is 0.585 bits per heavy atom. The highest BCUT2D eigenvalue weighted by Gasteiger charge is 2.35. The molecule has 0 spiro atoms. The summed E-state index contributed by atoms with van der Waals surface area (Å²) in [6, 6.07) is 0. The second-order valence-electron chi connectivity index (χ2n) is 11.4. The first-order chi connectivity index (χ1) is 19.6. The summed E-state index contributed by atoms with van der Waals surface area (Å²) in [7, 11) is -4.73. The number of ether oxygens (including phenoxy) is 2. The number of hydrogen-bond donors (Lipinski definition) is 1. The Balaban J connectivity index is 0. The van der Waals surface area contributed by atoms with Crippen molar-refractivity contribution in [2.75, 3.05) is 39.4 Å². The number of quaternary nitrogens is 1. The lowest BCUT2D eigenvalue weighted by atomic mass is 10.1. The SMILES string of the molecule is CCCCCCCCOC(=O)CC(C(=O)OCCCCCCCC)S(=O)(=O)O.CCC[N+](CCC)(CCC)CCC. The van der Waals surface area contributed by atoms with Crippen LogP contribution in [-0.4, -0.2) is 74.0 Å². The van der Waals surface area contributed by atoms with E-state index in [2.05, 4.69) is 41.5 Å². The molecule has 0 fully saturated rings. The molecule has 8 nitrogen and oxygen atoms in total. The zero-order valence-electron chi connectivity index (χ0n) is 27.6. The summed E-state index contributed by atoms with van der Waals surface area (Å²) in [5.41, 5.74) is 0. The third kappa shape index (κ3) is 24.0. The summed E-state index contributed by atoms with van der Waals surface area (Å²) in [4.78, 5) is 23.8. The zero-order chi connectivity index (χ0) is 31.4. The van der Waals surface area contributed by atoms with Crippen molar-refractivity contribution in [3.8, 4) is 0 Å². The standard InChI is InChI=1S/C20H38O7S.C12H28N/c1-3-5-7-9-11-13-15-26-19(21)17-18(28(23,24)25)20(22)27-16-14-12-10-8-6-4-2;1-5-9-13(10-6-2,11-7-3)12-8-4/h18H,3-17H2,1-2H3,(H,23,24,25);5-12H2,1-4H3/q;+1. The first kappa shape index (κ1) is 41.9. The van der Waals surface area contributed by atoms with Crippen molar-refractivity contribution >= 4 is 22.1 Å². The van der Waals surface area contributed by atoms with Crippen LogP contribution in [0.5, 0.6) is 0 Å². The van der Waals surface area contributed by atoms with Gasteiger partial charge in [0.05, 0.1) is 45.8 Å². The van der Waals surface area contributed by atoms with Crippen molar-refractivity contribution in [1.29, 1.82) is 0 Å². The molecule has 1 N–H and O–H groups in total. The first-order valence-electron chi connectivity index (χ1n) is 16.7. The lowest BCUT2D eigenvalue weighted by molar-refractivity contribution is -0.928. The minimum absolute atomic E-state index is 0.0732. The molecule has 0 aliphatic heterocycles.